The number of carbonyl (C=O) groups is 4. The van der Waals surface area contributed by atoms with E-state index in [0.717, 1.165) is 5.39 Å². The first kappa shape index (κ1) is 59.7. The van der Waals surface area contributed by atoms with E-state index in [2.05, 4.69) is 37.8 Å². The van der Waals surface area contributed by atoms with Crippen LogP contribution >= 0.6 is 50.2 Å². The average Bonchev–Trinajstić information content (AvgIpc) is 3.34. The van der Waals surface area contributed by atoms with E-state index in [1.165, 1.54) is 97.0 Å². The lowest BCUT2D eigenvalue weighted by molar-refractivity contribution is 0.0480. The maximum absolute atomic E-state index is 13.6. The number of nitrogens with zero attached hydrogens (tertiary/aromatic N) is 4. The molecule has 0 aliphatic rings. The van der Waals surface area contributed by atoms with E-state index in [9.17, 15) is 47.0 Å². The largest absolute Gasteiger partial charge is 0.447 e. The van der Waals surface area contributed by atoms with E-state index < -0.39 is 72.3 Å². The number of aliphatic hydroxyl groups excluding tert-OH is 2. The topological polar surface area (TPSA) is 208 Å². The first-order valence-corrected chi connectivity index (χ1v) is 22.0. The number of ether oxygens (including phenoxy) is 2. The van der Waals surface area contributed by atoms with Gasteiger partial charge in [0.15, 0.2) is 0 Å². The molecule has 6 amide bonds. The summed E-state index contributed by atoms with van der Waals surface area (Å²) in [7, 11) is 2.95. The van der Waals surface area contributed by atoms with E-state index >= 15 is 0 Å². The van der Waals surface area contributed by atoms with Gasteiger partial charge in [-0.25, -0.2) is 46.7 Å². The van der Waals surface area contributed by atoms with Crippen molar-refractivity contribution in [3.8, 4) is 0 Å². The zero-order valence-corrected chi connectivity index (χ0v) is 42.1. The molecule has 0 aliphatic heterocycles. The van der Waals surface area contributed by atoms with Crippen molar-refractivity contribution < 1.29 is 56.4 Å². The van der Waals surface area contributed by atoms with Crippen LogP contribution < -0.4 is 21.3 Å². The van der Waals surface area contributed by atoms with Crippen molar-refractivity contribution in [3.63, 3.8) is 0 Å². The van der Waals surface area contributed by atoms with Gasteiger partial charge in [0.25, 0.3) is 0 Å². The SMILES string of the molecule is C=CC[C@@H](COC(=O)Nc1cc2cc(F)ccc2cn1)N(C)C(=O)NCc1cccc(F)c1Cl.CN(C(=O)NCc1cccc(F)c1Cl)[C@H](COC(=O)Nc1cc2cc(F)ccc2cn1)CC(O)CO.S.S. The normalized spacial score (nSPS) is 11.8. The molecule has 16 nitrogen and oxygen atoms in total. The first-order chi connectivity index (χ1) is 33.5. The number of anilines is 2. The fourth-order valence-corrected chi connectivity index (χ4v) is 6.92. The summed E-state index contributed by atoms with van der Waals surface area (Å²) in [5.41, 5.74) is 0.797. The summed E-state index contributed by atoms with van der Waals surface area (Å²) in [5.74, 6) is -1.71. The highest BCUT2D eigenvalue weighted by Crippen LogP contribution is 2.23. The summed E-state index contributed by atoms with van der Waals surface area (Å²) in [6.45, 7) is 2.63. The minimum atomic E-state index is -1.17. The Balaban J connectivity index is 0.000000371. The Morgan fingerprint density at radius 2 is 1.11 bits per heavy atom. The molecule has 0 fully saturated rings. The van der Waals surface area contributed by atoms with Gasteiger partial charge in [-0.2, -0.15) is 27.0 Å². The molecule has 6 N–H and O–H groups in total. The average molecular weight is 1080 g/mol. The van der Waals surface area contributed by atoms with E-state index in [-0.39, 0.29) is 81.4 Å². The maximum atomic E-state index is 13.6. The molecule has 0 radical (unpaired) electrons. The molecule has 0 spiro atoms. The van der Waals surface area contributed by atoms with Gasteiger partial charge in [0.1, 0.15) is 48.1 Å². The van der Waals surface area contributed by atoms with Crippen molar-refractivity contribution in [3.05, 3.63) is 154 Å². The molecule has 0 bridgehead atoms. The van der Waals surface area contributed by atoms with Crippen molar-refractivity contribution in [2.45, 2.75) is 44.1 Å². The van der Waals surface area contributed by atoms with Gasteiger partial charge in [0.2, 0.25) is 0 Å². The van der Waals surface area contributed by atoms with Gasteiger partial charge >= 0.3 is 24.2 Å². The predicted octanol–water partition coefficient (Wildman–Crippen LogP) is 9.40. The Labute approximate surface area is 435 Å². The smallest absolute Gasteiger partial charge is 0.412 e. The predicted molar refractivity (Wildman–Crippen MR) is 277 cm³/mol. The first-order valence-electron chi connectivity index (χ1n) is 21.2. The second-order valence-electron chi connectivity index (χ2n) is 15.4. The van der Waals surface area contributed by atoms with Crippen LogP contribution in [0, 0.1) is 23.3 Å². The molecular formula is C48H52Cl2F4N8O8S2. The number of hydrogen-bond acceptors (Lipinski definition) is 10. The lowest BCUT2D eigenvalue weighted by atomic mass is 10.1. The Morgan fingerprint density at radius 3 is 1.54 bits per heavy atom. The Morgan fingerprint density at radius 1 is 0.681 bits per heavy atom. The van der Waals surface area contributed by atoms with Gasteiger partial charge in [-0.3, -0.25) is 10.6 Å². The number of aliphatic hydroxyl groups is 2. The number of pyridine rings is 2. The number of fused-ring (bicyclic) bond motifs is 2. The van der Waals surface area contributed by atoms with Gasteiger partial charge in [0.05, 0.1) is 34.8 Å². The van der Waals surface area contributed by atoms with Crippen molar-refractivity contribution in [2.24, 2.45) is 0 Å². The third-order valence-electron chi connectivity index (χ3n) is 10.5. The van der Waals surface area contributed by atoms with Gasteiger partial charge < -0.3 is 40.1 Å². The molecule has 1 unspecified atom stereocenters. The summed E-state index contributed by atoms with van der Waals surface area (Å²) >= 11 is 11.8. The molecule has 6 rings (SSSR count). The van der Waals surface area contributed by atoms with Crippen LogP contribution in [-0.4, -0.2) is 106 Å². The standard InChI is InChI=1S/C24H25ClF2N4O5.C24H23ClF2N4O3.2H2S/c1-31(23(34)29-11-15-3-2-4-20(27)22(15)25)18(9-19(33)12-32)13-36-24(35)30-21-8-16-7-17(26)6-5-14(16)10-28-21;1-3-5-19(31(2)23(32)29-13-16-6-4-7-20(27)22(16)25)14-34-24(33)30-21-11-17-10-18(26)9-8-15(17)12-28-21;;/h2-8,10,18-19,32-33H,9,11-13H2,1H3,(H,29,34)(H,28,30,35);3-4,6-12,19H,1,5,13-14H2,2H3,(H,29,32)(H,28,30,33);2*1H2/t18-,19?;19-;;/m00../s1. The van der Waals surface area contributed by atoms with Gasteiger partial charge in [-0.05, 0) is 95.4 Å². The number of hydrogen-bond donors (Lipinski definition) is 6. The number of amides is 6. The molecule has 4 aromatic carbocycles. The number of aromatic nitrogens is 2. The van der Waals surface area contributed by atoms with Crippen LogP contribution in [0.25, 0.3) is 21.5 Å². The number of likely N-dealkylation sites (N-methyl/N-ethyl adjacent to an activating group) is 2. The minimum absolute atomic E-state index is 0. The van der Waals surface area contributed by atoms with Crippen LogP contribution in [0.2, 0.25) is 10.0 Å². The van der Waals surface area contributed by atoms with Gasteiger partial charge in [0, 0.05) is 50.4 Å². The molecular weight excluding hydrogens is 1030 g/mol. The van der Waals surface area contributed by atoms with Crippen molar-refractivity contribution in [2.75, 3.05) is 44.5 Å². The number of benzene rings is 4. The van der Waals surface area contributed by atoms with Crippen LogP contribution in [0.3, 0.4) is 0 Å². The number of nitrogens with one attached hydrogen (secondary N) is 4. The Kier molecular flexibility index (Phi) is 24.1. The van der Waals surface area contributed by atoms with Gasteiger partial charge in [-0.15, -0.1) is 6.58 Å². The fourth-order valence-electron chi connectivity index (χ4n) is 6.54. The molecule has 0 aliphatic carbocycles. The van der Waals surface area contributed by atoms with E-state index in [0.29, 0.717) is 33.7 Å². The van der Waals surface area contributed by atoms with Crippen LogP contribution in [-0.2, 0) is 22.6 Å². The van der Waals surface area contributed by atoms with Crippen LogP contribution in [0.15, 0.2) is 110 Å². The second kappa shape index (κ2) is 29.1. The quantitative estimate of drug-likeness (QED) is 0.0377. The fraction of sp³-hybridized carbons (Fsp3) is 0.250. The Hall–Kier alpha value is -6.56. The lowest BCUT2D eigenvalue weighted by Gasteiger charge is -2.29. The molecule has 0 saturated carbocycles. The zero-order valence-electron chi connectivity index (χ0n) is 38.6. The molecule has 386 valence electrons. The number of rotatable bonds is 17. The third kappa shape index (κ3) is 17.6. The van der Waals surface area contributed by atoms with E-state index in [4.69, 9.17) is 32.7 Å². The number of urea groups is 2. The van der Waals surface area contributed by atoms with E-state index in [1.54, 1.807) is 30.3 Å². The molecule has 0 saturated heterocycles. The second-order valence-corrected chi connectivity index (χ2v) is 16.2. The van der Waals surface area contributed by atoms with Crippen LogP contribution in [0.1, 0.15) is 24.0 Å². The third-order valence-corrected chi connectivity index (χ3v) is 11.3. The zero-order chi connectivity index (χ0) is 50.9. The summed E-state index contributed by atoms with van der Waals surface area (Å²) < 4.78 is 64.6. The number of carbonyl (C=O) groups excluding carboxylic acids is 4. The summed E-state index contributed by atoms with van der Waals surface area (Å²) in [4.78, 5) is 60.5. The Bertz CT molecular complexity index is 2830. The lowest BCUT2D eigenvalue weighted by Crippen LogP contribution is -2.47. The molecule has 72 heavy (non-hydrogen) atoms. The van der Waals surface area contributed by atoms with Crippen molar-refractivity contribution in [1.29, 1.82) is 0 Å². The summed E-state index contributed by atoms with van der Waals surface area (Å²) in [6, 6.07) is 17.5. The molecule has 2 aromatic heterocycles. The van der Waals surface area contributed by atoms with Crippen LogP contribution in [0.5, 0.6) is 0 Å². The summed E-state index contributed by atoms with van der Waals surface area (Å²) in [5, 5.41) is 31.6. The molecule has 2 heterocycles. The highest BCUT2D eigenvalue weighted by atomic mass is 35.5. The van der Waals surface area contributed by atoms with Gasteiger partial charge in [-0.1, -0.05) is 53.5 Å². The van der Waals surface area contributed by atoms with Crippen molar-refractivity contribution in [1.82, 2.24) is 30.4 Å². The summed E-state index contributed by atoms with van der Waals surface area (Å²) in [6.07, 6.45) is 1.99. The minimum Gasteiger partial charge on any atom is -0.447 e. The monoisotopic (exact) mass is 1080 g/mol. The van der Waals surface area contributed by atoms with Crippen LogP contribution in [0.4, 0.5) is 48.4 Å². The molecule has 3 atom stereocenters. The highest BCUT2D eigenvalue weighted by Gasteiger charge is 2.25. The molecule has 6 aromatic rings. The maximum Gasteiger partial charge on any atom is 0.412 e. The van der Waals surface area contributed by atoms with E-state index in [1.807, 2.05) is 0 Å². The number of halogens is 6. The molecule has 24 heteroatoms. The highest BCUT2D eigenvalue weighted by molar-refractivity contribution is 7.59. The van der Waals surface area contributed by atoms with Crippen molar-refractivity contribution >= 4 is 108 Å².